The number of carbonyl (C=O) groups is 2. The molecule has 0 radical (unpaired) electrons. The van der Waals surface area contributed by atoms with Gasteiger partial charge in [0.2, 0.25) is 0 Å². The van der Waals surface area contributed by atoms with Gasteiger partial charge in [0.15, 0.2) is 0 Å². The first-order valence-corrected chi connectivity index (χ1v) is 14.2. The summed E-state index contributed by atoms with van der Waals surface area (Å²) < 4.78 is 5.45. The lowest BCUT2D eigenvalue weighted by atomic mass is 10.0. The van der Waals surface area contributed by atoms with Crippen LogP contribution in [-0.4, -0.2) is 78.3 Å². The van der Waals surface area contributed by atoms with Crippen LogP contribution in [0.3, 0.4) is 0 Å². The number of halogens is 2. The molecule has 2 aromatic carbocycles. The molecule has 0 unspecified atom stereocenters. The van der Waals surface area contributed by atoms with Crippen LogP contribution in [0.15, 0.2) is 71.1 Å². The molecule has 2 aliphatic heterocycles. The number of ether oxygens (including phenoxy) is 1. The lowest BCUT2D eigenvalue weighted by Crippen LogP contribution is -2.46. The molecule has 0 spiro atoms. The average molecular weight is 572 g/mol. The van der Waals surface area contributed by atoms with Gasteiger partial charge in [0.05, 0.1) is 40.4 Å². The number of benzene rings is 2. The highest BCUT2D eigenvalue weighted by Crippen LogP contribution is 2.37. The first-order valence-electron chi connectivity index (χ1n) is 12.5. The third-order valence-corrected chi connectivity index (χ3v) is 8.34. The van der Waals surface area contributed by atoms with E-state index in [-0.39, 0.29) is 24.4 Å². The van der Waals surface area contributed by atoms with E-state index in [1.165, 1.54) is 5.01 Å². The number of hydrogen-bond donors (Lipinski definition) is 0. The smallest absolute Gasteiger partial charge is 0.262 e. The Morgan fingerprint density at radius 1 is 1.00 bits per heavy atom. The topological polar surface area (TPSA) is 65.5 Å². The lowest BCUT2D eigenvalue weighted by molar-refractivity contribution is -0.133. The molecule has 3 aromatic rings. The van der Waals surface area contributed by atoms with Crippen LogP contribution in [-0.2, 0) is 9.53 Å². The van der Waals surface area contributed by atoms with Crippen LogP contribution in [0.2, 0.25) is 10.0 Å². The van der Waals surface area contributed by atoms with Gasteiger partial charge in [0, 0.05) is 37.6 Å². The van der Waals surface area contributed by atoms with Crippen molar-refractivity contribution in [3.63, 3.8) is 0 Å². The number of carbonyl (C=O) groups excluding carboxylic acids is 2. The molecule has 0 aliphatic carbocycles. The van der Waals surface area contributed by atoms with Gasteiger partial charge >= 0.3 is 0 Å². The quantitative estimate of drug-likeness (QED) is 0.373. The Balaban J connectivity index is 1.41. The maximum atomic E-state index is 13.9. The minimum absolute atomic E-state index is 0.128. The number of rotatable bonds is 8. The molecule has 5 rings (SSSR count). The first-order chi connectivity index (χ1) is 18.5. The maximum absolute atomic E-state index is 13.9. The van der Waals surface area contributed by atoms with Crippen molar-refractivity contribution in [2.45, 2.75) is 12.5 Å². The predicted molar refractivity (Wildman–Crippen MR) is 151 cm³/mol. The molecule has 7 nitrogen and oxygen atoms in total. The summed E-state index contributed by atoms with van der Waals surface area (Å²) in [6.07, 6.45) is 0.544. The third-order valence-electron chi connectivity index (χ3n) is 6.74. The van der Waals surface area contributed by atoms with E-state index in [9.17, 15) is 9.59 Å². The summed E-state index contributed by atoms with van der Waals surface area (Å²) in [7, 11) is 0. The molecule has 198 valence electrons. The summed E-state index contributed by atoms with van der Waals surface area (Å²) in [5, 5.41) is 9.16. The van der Waals surface area contributed by atoms with Crippen molar-refractivity contribution in [1.82, 2.24) is 14.8 Å². The highest BCUT2D eigenvalue weighted by molar-refractivity contribution is 7.12. The molecule has 0 N–H and O–H groups in total. The van der Waals surface area contributed by atoms with Gasteiger partial charge in [-0.3, -0.25) is 14.5 Å². The van der Waals surface area contributed by atoms with Gasteiger partial charge in [-0.05, 0) is 35.2 Å². The van der Waals surface area contributed by atoms with Crippen LogP contribution in [0.4, 0.5) is 0 Å². The Hall–Kier alpha value is -2.75. The molecule has 2 aliphatic rings. The molecule has 2 amide bonds. The number of thiophene rings is 1. The van der Waals surface area contributed by atoms with Crippen molar-refractivity contribution >= 4 is 52.1 Å². The monoisotopic (exact) mass is 570 g/mol. The largest absolute Gasteiger partial charge is 0.379 e. The van der Waals surface area contributed by atoms with Gasteiger partial charge in [-0.2, -0.15) is 5.10 Å². The van der Waals surface area contributed by atoms with E-state index in [0.717, 1.165) is 29.2 Å². The van der Waals surface area contributed by atoms with E-state index in [4.69, 9.17) is 33.0 Å². The predicted octanol–water partition coefficient (Wildman–Crippen LogP) is 5.21. The number of morpholine rings is 1. The average Bonchev–Trinajstić information content (AvgIpc) is 3.62. The molecule has 1 aromatic heterocycles. The maximum Gasteiger partial charge on any atom is 0.262 e. The molecule has 1 atom stereocenters. The zero-order valence-electron chi connectivity index (χ0n) is 20.8. The fourth-order valence-electron chi connectivity index (χ4n) is 4.70. The summed E-state index contributed by atoms with van der Waals surface area (Å²) in [6, 6.07) is 18.0. The Bertz CT molecular complexity index is 1310. The SMILES string of the molecule is O=C(c1ccccc1Cl)N(CCN1CCOCC1)CC(=O)N1N=C(c2cccs2)C[C@H]1c1ccccc1Cl. The van der Waals surface area contributed by atoms with Gasteiger partial charge in [-0.25, -0.2) is 5.01 Å². The van der Waals surface area contributed by atoms with E-state index in [1.54, 1.807) is 40.5 Å². The fourth-order valence-corrected chi connectivity index (χ4v) is 5.90. The van der Waals surface area contributed by atoms with E-state index >= 15 is 0 Å². The van der Waals surface area contributed by atoms with Crippen LogP contribution in [0, 0.1) is 0 Å². The van der Waals surface area contributed by atoms with Crippen LogP contribution < -0.4 is 0 Å². The van der Waals surface area contributed by atoms with Crippen LogP contribution in [0.5, 0.6) is 0 Å². The molecule has 10 heteroatoms. The van der Waals surface area contributed by atoms with Crippen molar-refractivity contribution < 1.29 is 14.3 Å². The zero-order valence-corrected chi connectivity index (χ0v) is 23.1. The van der Waals surface area contributed by atoms with Crippen molar-refractivity contribution in [2.24, 2.45) is 5.10 Å². The lowest BCUT2D eigenvalue weighted by Gasteiger charge is -2.31. The minimum atomic E-state index is -0.357. The molecule has 38 heavy (non-hydrogen) atoms. The Morgan fingerprint density at radius 3 is 2.45 bits per heavy atom. The van der Waals surface area contributed by atoms with E-state index < -0.39 is 0 Å². The van der Waals surface area contributed by atoms with Crippen LogP contribution >= 0.6 is 34.5 Å². The minimum Gasteiger partial charge on any atom is -0.379 e. The fraction of sp³-hybridized carbons (Fsp3) is 0.321. The Morgan fingerprint density at radius 2 is 1.74 bits per heavy atom. The standard InChI is InChI=1S/C28H28Cl2N4O3S/c29-22-8-3-1-6-20(22)25-18-24(26-10-5-17-38-26)31-34(25)27(35)19-33(12-11-32-13-15-37-16-14-32)28(36)21-7-2-4-9-23(21)30/h1-10,17,25H,11-16,18-19H2/t25-/m0/s1. The van der Waals surface area contributed by atoms with Gasteiger partial charge in [-0.1, -0.05) is 59.6 Å². The summed E-state index contributed by atoms with van der Waals surface area (Å²) in [5.41, 5.74) is 2.03. The van der Waals surface area contributed by atoms with E-state index in [1.807, 2.05) is 41.8 Å². The molecule has 3 heterocycles. The highest BCUT2D eigenvalue weighted by atomic mass is 35.5. The molecular weight excluding hydrogens is 543 g/mol. The van der Waals surface area contributed by atoms with Gasteiger partial charge in [0.25, 0.3) is 11.8 Å². The Kier molecular flexibility index (Phi) is 8.76. The number of hydrazone groups is 1. The van der Waals surface area contributed by atoms with Crippen molar-refractivity contribution in [2.75, 3.05) is 45.9 Å². The zero-order chi connectivity index (χ0) is 26.5. The second kappa shape index (κ2) is 12.4. The van der Waals surface area contributed by atoms with Crippen molar-refractivity contribution in [3.05, 3.63) is 92.1 Å². The molecular formula is C28H28Cl2N4O3S. The van der Waals surface area contributed by atoms with Crippen molar-refractivity contribution in [1.29, 1.82) is 0 Å². The first kappa shape index (κ1) is 26.8. The third kappa shape index (κ3) is 6.11. The molecule has 0 bridgehead atoms. The number of nitrogens with zero attached hydrogens (tertiary/aromatic N) is 4. The molecule has 1 fully saturated rings. The van der Waals surface area contributed by atoms with E-state index in [2.05, 4.69) is 4.90 Å². The summed E-state index contributed by atoms with van der Waals surface area (Å²) in [5.74, 6) is -0.558. The number of hydrogen-bond acceptors (Lipinski definition) is 6. The van der Waals surface area contributed by atoms with Gasteiger partial charge in [-0.15, -0.1) is 11.3 Å². The van der Waals surface area contributed by atoms with Crippen molar-refractivity contribution in [3.8, 4) is 0 Å². The summed E-state index contributed by atoms with van der Waals surface area (Å²) in [6.45, 7) is 3.77. The molecule has 0 saturated carbocycles. The second-order valence-electron chi connectivity index (χ2n) is 9.16. The molecule has 1 saturated heterocycles. The van der Waals surface area contributed by atoms with Crippen LogP contribution in [0.25, 0.3) is 0 Å². The summed E-state index contributed by atoms with van der Waals surface area (Å²) in [4.78, 5) is 32.3. The Labute approximate surface area is 236 Å². The summed E-state index contributed by atoms with van der Waals surface area (Å²) >= 11 is 14.5. The van der Waals surface area contributed by atoms with E-state index in [0.29, 0.717) is 48.3 Å². The number of amides is 2. The van der Waals surface area contributed by atoms with Gasteiger partial charge in [0.1, 0.15) is 6.54 Å². The second-order valence-corrected chi connectivity index (χ2v) is 10.9. The highest BCUT2D eigenvalue weighted by Gasteiger charge is 2.36. The van der Waals surface area contributed by atoms with Crippen LogP contribution in [0.1, 0.15) is 33.3 Å². The normalized spacial score (nSPS) is 17.9. The van der Waals surface area contributed by atoms with Gasteiger partial charge < -0.3 is 9.64 Å².